The van der Waals surface area contributed by atoms with Crippen molar-refractivity contribution in [1.82, 2.24) is 4.57 Å². The Bertz CT molecular complexity index is 3670. The predicted octanol–water partition coefficient (Wildman–Crippen LogP) is 17.3. The predicted molar refractivity (Wildman–Crippen MR) is 267 cm³/mol. The monoisotopic (exact) mass is 793 g/mol. The molecular formula is C59H39NS. The second-order valence-electron chi connectivity index (χ2n) is 15.9. The topological polar surface area (TPSA) is 4.93 Å². The minimum Gasteiger partial charge on any atom is -0.308 e. The smallest absolute Gasteiger partial charge is 0.0619 e. The minimum atomic E-state index is 1.12. The van der Waals surface area contributed by atoms with Crippen LogP contribution in [0.3, 0.4) is 0 Å². The molecule has 0 saturated heterocycles. The molecule has 12 aromatic rings. The first kappa shape index (κ1) is 35.4. The van der Waals surface area contributed by atoms with E-state index in [0.717, 1.165) is 11.3 Å². The van der Waals surface area contributed by atoms with Crippen LogP contribution in [0.4, 0.5) is 0 Å². The van der Waals surface area contributed by atoms with E-state index in [2.05, 4.69) is 224 Å². The highest BCUT2D eigenvalue weighted by Crippen LogP contribution is 2.49. The molecule has 61 heavy (non-hydrogen) atoms. The Kier molecular flexibility index (Phi) is 8.16. The van der Waals surface area contributed by atoms with Crippen LogP contribution in [0.1, 0.15) is 18.1 Å². The molecule has 0 aliphatic heterocycles. The summed E-state index contributed by atoms with van der Waals surface area (Å²) in [5.74, 6) is 0. The summed E-state index contributed by atoms with van der Waals surface area (Å²) in [6.07, 6.45) is 6.53. The molecule has 2 heteroatoms. The number of aromatic nitrogens is 1. The van der Waals surface area contributed by atoms with Gasteiger partial charge in [-0.2, -0.15) is 0 Å². The largest absolute Gasteiger partial charge is 0.308 e. The Labute approximate surface area is 358 Å². The summed E-state index contributed by atoms with van der Waals surface area (Å²) in [7, 11) is 0. The SMILES string of the molecule is C=Cc1c(/C=C\C)c(-c2cccc3c2sc2cc(-c4c5ccccc5c(-c5ccccc5)c5ccccc45)ccc23)c2ccccc2c1-n1c2ccccc2c2ccccc21. The van der Waals surface area contributed by atoms with E-state index in [4.69, 9.17) is 0 Å². The summed E-state index contributed by atoms with van der Waals surface area (Å²) < 4.78 is 5.03. The van der Waals surface area contributed by atoms with Gasteiger partial charge in [0, 0.05) is 47.5 Å². The molecule has 286 valence electrons. The Morgan fingerprint density at radius 2 is 0.934 bits per heavy atom. The lowest BCUT2D eigenvalue weighted by Crippen LogP contribution is -2.03. The van der Waals surface area contributed by atoms with E-state index in [1.807, 2.05) is 11.3 Å². The molecule has 0 unspecified atom stereocenters. The fourth-order valence-corrected chi connectivity index (χ4v) is 11.5. The number of nitrogens with zero attached hydrogens (tertiary/aromatic N) is 1. The van der Waals surface area contributed by atoms with Gasteiger partial charge in [0.1, 0.15) is 0 Å². The summed E-state index contributed by atoms with van der Waals surface area (Å²) in [5.41, 5.74) is 13.3. The Morgan fingerprint density at radius 1 is 0.426 bits per heavy atom. The van der Waals surface area contributed by atoms with Crippen LogP contribution in [0.2, 0.25) is 0 Å². The lowest BCUT2D eigenvalue weighted by molar-refractivity contribution is 1.19. The summed E-state index contributed by atoms with van der Waals surface area (Å²) in [6.45, 7) is 6.62. The van der Waals surface area contributed by atoms with Gasteiger partial charge in [-0.3, -0.25) is 0 Å². The zero-order valence-electron chi connectivity index (χ0n) is 33.7. The van der Waals surface area contributed by atoms with Crippen molar-refractivity contribution in [1.29, 1.82) is 0 Å². The van der Waals surface area contributed by atoms with Gasteiger partial charge in [-0.15, -0.1) is 11.3 Å². The second-order valence-corrected chi connectivity index (χ2v) is 16.9. The fourth-order valence-electron chi connectivity index (χ4n) is 10.2. The second kappa shape index (κ2) is 14.1. The molecule has 2 aromatic heterocycles. The van der Waals surface area contributed by atoms with Crippen molar-refractivity contribution in [2.45, 2.75) is 6.92 Å². The third-order valence-electron chi connectivity index (χ3n) is 12.7. The average Bonchev–Trinajstić information content (AvgIpc) is 3.86. The Hall–Kier alpha value is -7.52. The highest BCUT2D eigenvalue weighted by molar-refractivity contribution is 7.26. The van der Waals surface area contributed by atoms with Crippen molar-refractivity contribution in [3.05, 3.63) is 212 Å². The molecule has 0 bridgehead atoms. The number of hydrogen-bond acceptors (Lipinski definition) is 1. The zero-order valence-corrected chi connectivity index (χ0v) is 34.5. The normalized spacial score (nSPS) is 12.0. The summed E-state index contributed by atoms with van der Waals surface area (Å²) >= 11 is 1.90. The van der Waals surface area contributed by atoms with E-state index in [0.29, 0.717) is 0 Å². The highest BCUT2D eigenvalue weighted by Gasteiger charge is 2.24. The van der Waals surface area contributed by atoms with Crippen LogP contribution in [0, 0.1) is 0 Å². The van der Waals surface area contributed by atoms with Gasteiger partial charge in [0.2, 0.25) is 0 Å². The molecule has 0 aliphatic rings. The third-order valence-corrected chi connectivity index (χ3v) is 13.9. The van der Waals surface area contributed by atoms with Gasteiger partial charge in [-0.05, 0) is 85.4 Å². The lowest BCUT2D eigenvalue weighted by Gasteiger charge is -2.22. The van der Waals surface area contributed by atoms with E-state index < -0.39 is 0 Å². The Balaban J connectivity index is 1.12. The van der Waals surface area contributed by atoms with Gasteiger partial charge >= 0.3 is 0 Å². The van der Waals surface area contributed by atoms with E-state index in [1.54, 1.807) is 0 Å². The quantitative estimate of drug-likeness (QED) is 0.148. The average molecular weight is 794 g/mol. The van der Waals surface area contributed by atoms with Crippen LogP contribution in [-0.2, 0) is 0 Å². The van der Waals surface area contributed by atoms with Gasteiger partial charge < -0.3 is 4.57 Å². The summed E-state index contributed by atoms with van der Waals surface area (Å²) in [6, 6.07) is 69.2. The third kappa shape index (κ3) is 5.26. The standard InChI is InChI=1S/C59H39NS/c1-3-19-43-39(4-2)58(60-52-32-16-14-22-40(52)41-23-15-17-33-53(41)60)49-29-13-12-28-48(49)57(43)51-31-18-30-50-42-35-34-38(36-54(42)61-59(50)51)56-46-26-10-8-24-44(46)55(37-20-6-5-7-21-37)45-25-9-11-27-47(45)56/h3-36H,2H2,1H3/b19-3-. The maximum Gasteiger partial charge on any atom is 0.0619 e. The molecule has 2 heterocycles. The lowest BCUT2D eigenvalue weighted by atomic mass is 9.86. The molecule has 0 saturated carbocycles. The van der Waals surface area contributed by atoms with Crippen molar-refractivity contribution < 1.29 is 0 Å². The summed E-state index contributed by atoms with van der Waals surface area (Å²) in [4.78, 5) is 0. The van der Waals surface area contributed by atoms with Crippen LogP contribution in [0.15, 0.2) is 201 Å². The van der Waals surface area contributed by atoms with Crippen molar-refractivity contribution in [2.75, 3.05) is 0 Å². The Morgan fingerprint density at radius 3 is 1.52 bits per heavy atom. The minimum absolute atomic E-state index is 1.12. The maximum absolute atomic E-state index is 4.50. The first-order valence-electron chi connectivity index (χ1n) is 21.0. The molecule has 0 fully saturated rings. The van der Waals surface area contributed by atoms with Crippen LogP contribution in [0.25, 0.3) is 126 Å². The number of hydrogen-bond donors (Lipinski definition) is 0. The number of para-hydroxylation sites is 2. The number of thiophene rings is 1. The number of benzene rings is 10. The van der Waals surface area contributed by atoms with Crippen molar-refractivity contribution in [2.24, 2.45) is 0 Å². The number of rotatable bonds is 6. The van der Waals surface area contributed by atoms with Crippen LogP contribution >= 0.6 is 11.3 Å². The van der Waals surface area contributed by atoms with Crippen molar-refractivity contribution in [3.63, 3.8) is 0 Å². The molecule has 0 amide bonds. The molecule has 0 aliphatic carbocycles. The van der Waals surface area contributed by atoms with Crippen LogP contribution in [-0.4, -0.2) is 4.57 Å². The van der Waals surface area contributed by atoms with Gasteiger partial charge in [0.05, 0.1) is 16.7 Å². The molecule has 1 nitrogen and oxygen atoms in total. The van der Waals surface area contributed by atoms with Crippen LogP contribution < -0.4 is 0 Å². The van der Waals surface area contributed by atoms with Gasteiger partial charge in [0.15, 0.2) is 0 Å². The molecular weight excluding hydrogens is 755 g/mol. The molecule has 10 aromatic carbocycles. The van der Waals surface area contributed by atoms with Crippen molar-refractivity contribution in [3.8, 4) is 39.1 Å². The highest BCUT2D eigenvalue weighted by atomic mass is 32.1. The molecule has 12 rings (SSSR count). The number of fused-ring (bicyclic) bond motifs is 9. The first-order chi connectivity index (χ1) is 30.2. The maximum atomic E-state index is 4.50. The first-order valence-corrected chi connectivity index (χ1v) is 21.8. The zero-order chi connectivity index (χ0) is 40.6. The van der Waals surface area contributed by atoms with Gasteiger partial charge in [-0.1, -0.05) is 195 Å². The van der Waals surface area contributed by atoms with Gasteiger partial charge in [-0.25, -0.2) is 0 Å². The summed E-state index contributed by atoms with van der Waals surface area (Å²) in [5, 5.41) is 12.5. The molecule has 0 radical (unpaired) electrons. The number of allylic oxidation sites excluding steroid dienone is 1. The van der Waals surface area contributed by atoms with Crippen molar-refractivity contribution >= 4 is 97.8 Å². The molecule has 0 spiro atoms. The van der Waals surface area contributed by atoms with E-state index >= 15 is 0 Å². The molecule has 0 N–H and O–H groups in total. The van der Waals surface area contributed by atoms with Gasteiger partial charge in [0.25, 0.3) is 0 Å². The van der Waals surface area contributed by atoms with Crippen LogP contribution in [0.5, 0.6) is 0 Å². The van der Waals surface area contributed by atoms with E-state index in [1.165, 1.54) is 113 Å². The molecule has 0 atom stereocenters. The van der Waals surface area contributed by atoms with E-state index in [9.17, 15) is 0 Å². The van der Waals surface area contributed by atoms with E-state index in [-0.39, 0.29) is 0 Å². The fraction of sp³-hybridized carbons (Fsp3) is 0.0169.